The van der Waals surface area contributed by atoms with Crippen molar-refractivity contribution in [1.29, 1.82) is 0 Å². The topological polar surface area (TPSA) is 75.6 Å². The summed E-state index contributed by atoms with van der Waals surface area (Å²) in [5, 5.41) is 11.7. The molecular weight excluding hydrogens is 275 g/mol. The fourth-order valence-corrected chi connectivity index (χ4v) is 1.66. The van der Waals surface area contributed by atoms with E-state index < -0.39 is 23.3 Å². The Balaban J connectivity index is 2.10. The molecule has 2 rings (SSSR count). The standard InChI is InChI=1S/C11H12F3N5O/c1-6-7(4-17-19(6)2)3-15-10(20)9-8(5-16-18-9)11(12,13)14/h4-5H,3H2,1-2H3,(H,15,20)(H,16,18). The minimum absolute atomic E-state index is 0.0921. The van der Waals surface area contributed by atoms with E-state index in [0.717, 1.165) is 11.3 Å². The number of halogens is 3. The van der Waals surface area contributed by atoms with Gasteiger partial charge in [-0.1, -0.05) is 0 Å². The lowest BCUT2D eigenvalue weighted by molar-refractivity contribution is -0.137. The molecule has 108 valence electrons. The Labute approximate surface area is 112 Å². The van der Waals surface area contributed by atoms with E-state index in [1.807, 2.05) is 0 Å². The first-order valence-electron chi connectivity index (χ1n) is 5.67. The quantitative estimate of drug-likeness (QED) is 0.896. The molecule has 0 aliphatic carbocycles. The van der Waals surface area contributed by atoms with Crippen LogP contribution in [0.25, 0.3) is 0 Å². The molecule has 0 bridgehead atoms. The minimum Gasteiger partial charge on any atom is -0.347 e. The van der Waals surface area contributed by atoms with Gasteiger partial charge >= 0.3 is 6.18 Å². The highest BCUT2D eigenvalue weighted by Crippen LogP contribution is 2.30. The lowest BCUT2D eigenvalue weighted by Crippen LogP contribution is -2.26. The second-order valence-corrected chi connectivity index (χ2v) is 4.22. The van der Waals surface area contributed by atoms with Crippen LogP contribution in [0.4, 0.5) is 13.2 Å². The monoisotopic (exact) mass is 287 g/mol. The van der Waals surface area contributed by atoms with E-state index in [0.29, 0.717) is 6.20 Å². The highest BCUT2D eigenvalue weighted by Gasteiger charge is 2.37. The summed E-state index contributed by atoms with van der Waals surface area (Å²) in [6, 6.07) is 0. The maximum Gasteiger partial charge on any atom is 0.420 e. The number of nitrogens with zero attached hydrogens (tertiary/aromatic N) is 3. The number of alkyl halides is 3. The molecule has 0 spiro atoms. The largest absolute Gasteiger partial charge is 0.420 e. The van der Waals surface area contributed by atoms with Gasteiger partial charge in [-0.3, -0.25) is 14.6 Å². The van der Waals surface area contributed by atoms with Gasteiger partial charge in [-0.2, -0.15) is 23.4 Å². The zero-order valence-corrected chi connectivity index (χ0v) is 10.7. The van der Waals surface area contributed by atoms with Gasteiger partial charge in [0, 0.05) is 24.8 Å². The Hall–Kier alpha value is -2.32. The lowest BCUT2D eigenvalue weighted by Gasteiger charge is -2.07. The SMILES string of the molecule is Cc1c(CNC(=O)c2[nH]ncc2C(F)(F)F)cnn1C. The molecular formula is C11H12F3N5O. The predicted octanol–water partition coefficient (Wildman–Crippen LogP) is 1.40. The number of nitrogens with one attached hydrogen (secondary N) is 2. The van der Waals surface area contributed by atoms with Crippen LogP contribution in [0.1, 0.15) is 27.3 Å². The first-order chi connectivity index (χ1) is 9.30. The number of amides is 1. The molecule has 2 aromatic heterocycles. The molecule has 0 unspecified atom stereocenters. The predicted molar refractivity (Wildman–Crippen MR) is 62.7 cm³/mol. The first kappa shape index (κ1) is 14.1. The van der Waals surface area contributed by atoms with Crippen molar-refractivity contribution in [2.45, 2.75) is 19.6 Å². The van der Waals surface area contributed by atoms with Crippen LogP contribution < -0.4 is 5.32 Å². The summed E-state index contributed by atoms with van der Waals surface area (Å²) in [6.45, 7) is 1.89. The van der Waals surface area contributed by atoms with E-state index in [-0.39, 0.29) is 6.54 Å². The fraction of sp³-hybridized carbons (Fsp3) is 0.364. The van der Waals surface area contributed by atoms with E-state index in [1.54, 1.807) is 24.9 Å². The Morgan fingerprint density at radius 2 is 2.15 bits per heavy atom. The maximum absolute atomic E-state index is 12.6. The van der Waals surface area contributed by atoms with E-state index in [9.17, 15) is 18.0 Å². The summed E-state index contributed by atoms with van der Waals surface area (Å²) in [5.41, 5.74) is -0.128. The molecule has 2 N–H and O–H groups in total. The van der Waals surface area contributed by atoms with Crippen LogP contribution in [-0.2, 0) is 19.8 Å². The van der Waals surface area contributed by atoms with Gasteiger partial charge in [-0.05, 0) is 6.92 Å². The number of carbonyl (C=O) groups is 1. The summed E-state index contributed by atoms with van der Waals surface area (Å²) >= 11 is 0. The Morgan fingerprint density at radius 3 is 2.70 bits per heavy atom. The second kappa shape index (κ2) is 4.99. The summed E-state index contributed by atoms with van der Waals surface area (Å²) < 4.78 is 39.5. The third-order valence-electron chi connectivity index (χ3n) is 2.95. The van der Waals surface area contributed by atoms with Gasteiger partial charge in [0.1, 0.15) is 11.3 Å². The Kier molecular flexibility index (Phi) is 3.51. The van der Waals surface area contributed by atoms with Crippen molar-refractivity contribution in [2.24, 2.45) is 7.05 Å². The van der Waals surface area contributed by atoms with Gasteiger partial charge in [0.25, 0.3) is 5.91 Å². The average Bonchev–Trinajstić information content (AvgIpc) is 2.96. The molecule has 0 saturated carbocycles. The molecule has 1 amide bonds. The highest BCUT2D eigenvalue weighted by molar-refractivity contribution is 5.93. The second-order valence-electron chi connectivity index (χ2n) is 4.22. The van der Waals surface area contributed by atoms with E-state index >= 15 is 0 Å². The number of hydrogen-bond acceptors (Lipinski definition) is 3. The number of carbonyl (C=O) groups excluding carboxylic acids is 1. The number of aryl methyl sites for hydroxylation is 1. The third kappa shape index (κ3) is 2.65. The van der Waals surface area contributed by atoms with E-state index in [2.05, 4.69) is 20.6 Å². The molecule has 0 fully saturated rings. The molecule has 0 aliphatic heterocycles. The van der Waals surface area contributed by atoms with Crippen molar-refractivity contribution < 1.29 is 18.0 Å². The summed E-state index contributed by atoms with van der Waals surface area (Å²) in [4.78, 5) is 11.8. The van der Waals surface area contributed by atoms with Gasteiger partial charge in [0.05, 0.1) is 12.4 Å². The van der Waals surface area contributed by atoms with Crippen LogP contribution in [0.5, 0.6) is 0 Å². The van der Waals surface area contributed by atoms with Crippen LogP contribution in [0.15, 0.2) is 12.4 Å². The summed E-state index contributed by atoms with van der Waals surface area (Å²) in [7, 11) is 1.73. The van der Waals surface area contributed by atoms with Gasteiger partial charge < -0.3 is 5.32 Å². The van der Waals surface area contributed by atoms with Crippen LogP contribution in [0, 0.1) is 6.92 Å². The lowest BCUT2D eigenvalue weighted by atomic mass is 10.2. The Bertz CT molecular complexity index is 628. The summed E-state index contributed by atoms with van der Waals surface area (Å²) in [5.74, 6) is -0.863. The zero-order valence-electron chi connectivity index (χ0n) is 10.7. The molecule has 0 atom stereocenters. The number of aromatic nitrogens is 4. The highest BCUT2D eigenvalue weighted by atomic mass is 19.4. The normalized spacial score (nSPS) is 11.7. The van der Waals surface area contributed by atoms with Crippen molar-refractivity contribution in [3.63, 3.8) is 0 Å². The average molecular weight is 287 g/mol. The summed E-state index contributed by atoms with van der Waals surface area (Å²) in [6.07, 6.45) is -2.48. The van der Waals surface area contributed by atoms with Crippen LogP contribution in [0.3, 0.4) is 0 Å². The van der Waals surface area contributed by atoms with Crippen LogP contribution in [0.2, 0.25) is 0 Å². The first-order valence-corrected chi connectivity index (χ1v) is 5.67. The fourth-order valence-electron chi connectivity index (χ4n) is 1.66. The minimum atomic E-state index is -4.62. The Morgan fingerprint density at radius 1 is 1.45 bits per heavy atom. The van der Waals surface area contributed by atoms with Crippen molar-refractivity contribution in [1.82, 2.24) is 25.3 Å². The number of aromatic amines is 1. The van der Waals surface area contributed by atoms with Crippen molar-refractivity contribution in [3.05, 3.63) is 34.9 Å². The van der Waals surface area contributed by atoms with Crippen LogP contribution >= 0.6 is 0 Å². The van der Waals surface area contributed by atoms with E-state index in [1.165, 1.54) is 0 Å². The molecule has 0 saturated heterocycles. The molecule has 20 heavy (non-hydrogen) atoms. The molecule has 9 heteroatoms. The molecule has 0 aliphatic rings. The number of hydrogen-bond donors (Lipinski definition) is 2. The third-order valence-corrected chi connectivity index (χ3v) is 2.95. The molecule has 2 aromatic rings. The zero-order chi connectivity index (χ0) is 14.9. The smallest absolute Gasteiger partial charge is 0.347 e. The van der Waals surface area contributed by atoms with Gasteiger partial charge in [0.15, 0.2) is 0 Å². The maximum atomic E-state index is 12.6. The van der Waals surface area contributed by atoms with Crippen LogP contribution in [-0.4, -0.2) is 25.9 Å². The van der Waals surface area contributed by atoms with Gasteiger partial charge in [0.2, 0.25) is 0 Å². The van der Waals surface area contributed by atoms with E-state index in [4.69, 9.17) is 0 Å². The van der Waals surface area contributed by atoms with Gasteiger partial charge in [-0.25, -0.2) is 0 Å². The van der Waals surface area contributed by atoms with Crippen molar-refractivity contribution in [2.75, 3.05) is 0 Å². The van der Waals surface area contributed by atoms with Crippen molar-refractivity contribution >= 4 is 5.91 Å². The molecule has 0 radical (unpaired) electrons. The number of H-pyrrole nitrogens is 1. The molecule has 2 heterocycles. The van der Waals surface area contributed by atoms with Gasteiger partial charge in [-0.15, -0.1) is 0 Å². The molecule has 0 aromatic carbocycles. The van der Waals surface area contributed by atoms with Crippen molar-refractivity contribution in [3.8, 4) is 0 Å². The number of rotatable bonds is 3. The molecule has 6 nitrogen and oxygen atoms in total.